The molecule has 0 N–H and O–H groups in total. The van der Waals surface area contributed by atoms with Crippen LogP contribution in [0.2, 0.25) is 0 Å². The van der Waals surface area contributed by atoms with Gasteiger partial charge in [-0.2, -0.15) is 0 Å². The normalized spacial score (nSPS) is 14.2. The monoisotopic (exact) mass is 791 g/mol. The molecule has 0 aliphatic carbocycles. The van der Waals surface area contributed by atoms with Crippen LogP contribution >= 0.6 is 0 Å². The van der Waals surface area contributed by atoms with E-state index in [9.17, 15) is 0 Å². The average molecular weight is 792 g/mol. The first-order chi connectivity index (χ1) is 28.8. The lowest BCUT2D eigenvalue weighted by Gasteiger charge is -2.20. The second kappa shape index (κ2) is 10.7. The maximum Gasteiger partial charge on any atom is 0.0642 e. The number of rotatable bonds is 0. The fourth-order valence-electron chi connectivity index (χ4n) is 11.4. The van der Waals surface area contributed by atoms with Gasteiger partial charge in [0.25, 0.3) is 0 Å². The molecule has 0 unspecified atom stereocenters. The maximum absolute atomic E-state index is 2.63. The highest BCUT2D eigenvalue weighted by Gasteiger charge is 2.30. The Bertz CT molecular complexity index is 4050. The lowest BCUT2D eigenvalue weighted by atomic mass is 9.84. The fraction of sp³-hybridized carbons (Fsp3) is 0.276. The van der Waals surface area contributed by atoms with Crippen LogP contribution in [0.4, 0.5) is 0 Å². The van der Waals surface area contributed by atoms with Crippen LogP contribution in [0.15, 0.2) is 103 Å². The smallest absolute Gasteiger partial charge is 0.0642 e. The van der Waals surface area contributed by atoms with Crippen LogP contribution in [-0.2, 0) is 21.7 Å². The number of hydrogen-bond acceptors (Lipinski definition) is 0. The number of nitrogens with zero attached hydrogens (tertiary/aromatic N) is 3. The molecule has 0 amide bonds. The first-order valence-corrected chi connectivity index (χ1v) is 22.4. The quantitative estimate of drug-likeness (QED) is 0.145. The number of fused-ring (bicyclic) bond motifs is 19. The fourth-order valence-corrected chi connectivity index (χ4v) is 11.4. The van der Waals surface area contributed by atoms with E-state index in [1.54, 1.807) is 0 Å². The van der Waals surface area contributed by atoms with Gasteiger partial charge in [-0.3, -0.25) is 0 Å². The molecule has 6 heterocycles. The van der Waals surface area contributed by atoms with Gasteiger partial charge < -0.3 is 13.2 Å². The highest BCUT2D eigenvalue weighted by atomic mass is 15.0. The summed E-state index contributed by atoms with van der Waals surface area (Å²) >= 11 is 0. The number of hydrogen-bond donors (Lipinski definition) is 0. The summed E-state index contributed by atoms with van der Waals surface area (Å²) in [6.07, 6.45) is 0. The molecule has 0 aliphatic rings. The average Bonchev–Trinajstić information content (AvgIpc) is 4.02. The van der Waals surface area contributed by atoms with E-state index in [-0.39, 0.29) is 21.7 Å². The molecule has 6 aromatic heterocycles. The summed E-state index contributed by atoms with van der Waals surface area (Å²) in [6.45, 7) is 28.1. The van der Waals surface area contributed by atoms with Gasteiger partial charge in [-0.05, 0) is 117 Å². The molecule has 13 aromatic rings. The minimum atomic E-state index is -0.00445. The first-order valence-electron chi connectivity index (χ1n) is 22.4. The molecule has 13 rings (SSSR count). The Morgan fingerprint density at radius 2 is 0.607 bits per heavy atom. The topological polar surface area (TPSA) is 13.2 Å². The second-order valence-corrected chi connectivity index (χ2v) is 22.8. The molecular formula is C58H53N3. The molecule has 0 fully saturated rings. The lowest BCUT2D eigenvalue weighted by molar-refractivity contribution is 0.590. The summed E-state index contributed by atoms with van der Waals surface area (Å²) < 4.78 is 7.81. The van der Waals surface area contributed by atoms with Crippen molar-refractivity contribution in [1.82, 2.24) is 13.2 Å². The number of aromatic nitrogens is 3. The Hall–Kier alpha value is -6.06. The molecule has 0 aliphatic heterocycles. The third kappa shape index (κ3) is 4.35. The van der Waals surface area contributed by atoms with Gasteiger partial charge >= 0.3 is 0 Å². The van der Waals surface area contributed by atoms with E-state index in [0.29, 0.717) is 0 Å². The van der Waals surface area contributed by atoms with Gasteiger partial charge in [0.15, 0.2) is 0 Å². The lowest BCUT2D eigenvalue weighted by Crippen LogP contribution is -2.11. The molecule has 0 spiro atoms. The predicted molar refractivity (Wildman–Crippen MR) is 265 cm³/mol. The van der Waals surface area contributed by atoms with Crippen molar-refractivity contribution in [1.29, 1.82) is 0 Å². The minimum Gasteiger partial charge on any atom is -0.308 e. The standard InChI is InChI=1S/C58H53N3/c1-55(2,3)30-17-19-46-35(21-30)39-23-32(57(7,8)9)25-41-37-27-38-43-28-44-42-26-33(58(10,11)12)24-40-36-22-31(56(4,5)6)18-20-47(36)61(52(40)42)54(44)50-34-15-13-14-16-45(34)60(53(43)50)49(38)29-48(37)59(46)51(39)41/h13-29H,1-12H3. The third-order valence-corrected chi connectivity index (χ3v) is 14.8. The van der Waals surface area contributed by atoms with Crippen LogP contribution in [-0.4, -0.2) is 13.2 Å². The van der Waals surface area contributed by atoms with Crippen molar-refractivity contribution in [3.63, 3.8) is 0 Å². The van der Waals surface area contributed by atoms with Crippen LogP contribution in [0, 0.1) is 0 Å². The largest absolute Gasteiger partial charge is 0.308 e. The third-order valence-electron chi connectivity index (χ3n) is 14.8. The molecule has 300 valence electrons. The van der Waals surface area contributed by atoms with Gasteiger partial charge in [0, 0.05) is 64.6 Å². The van der Waals surface area contributed by atoms with E-state index in [1.165, 1.54) is 137 Å². The molecule has 3 nitrogen and oxygen atoms in total. The van der Waals surface area contributed by atoms with Gasteiger partial charge in [0.1, 0.15) is 0 Å². The van der Waals surface area contributed by atoms with Crippen LogP contribution < -0.4 is 0 Å². The molecule has 0 atom stereocenters. The van der Waals surface area contributed by atoms with Crippen molar-refractivity contribution in [2.45, 2.75) is 105 Å². The Morgan fingerprint density at radius 1 is 0.262 bits per heavy atom. The van der Waals surface area contributed by atoms with Crippen LogP contribution in [0.1, 0.15) is 105 Å². The predicted octanol–water partition coefficient (Wildman–Crippen LogP) is 16.3. The van der Waals surface area contributed by atoms with Crippen LogP contribution in [0.25, 0.3) is 114 Å². The van der Waals surface area contributed by atoms with Crippen molar-refractivity contribution in [3.8, 4) is 0 Å². The van der Waals surface area contributed by atoms with E-state index >= 15 is 0 Å². The first kappa shape index (κ1) is 35.7. The van der Waals surface area contributed by atoms with Crippen LogP contribution in [0.5, 0.6) is 0 Å². The summed E-state index contributed by atoms with van der Waals surface area (Å²) in [5, 5.41) is 16.1. The molecule has 61 heavy (non-hydrogen) atoms. The number of para-hydroxylation sites is 1. The Balaban J connectivity index is 1.25. The van der Waals surface area contributed by atoms with Gasteiger partial charge in [-0.15, -0.1) is 0 Å². The van der Waals surface area contributed by atoms with Crippen molar-refractivity contribution >= 4 is 114 Å². The minimum absolute atomic E-state index is 0.00445. The molecule has 7 aromatic carbocycles. The van der Waals surface area contributed by atoms with E-state index < -0.39 is 0 Å². The molecule has 0 saturated carbocycles. The molecule has 0 bridgehead atoms. The summed E-state index contributed by atoms with van der Waals surface area (Å²) in [6, 6.07) is 41.3. The van der Waals surface area contributed by atoms with E-state index in [2.05, 4.69) is 199 Å². The summed E-state index contributed by atoms with van der Waals surface area (Å²) in [5.41, 5.74) is 17.4. The van der Waals surface area contributed by atoms with E-state index in [4.69, 9.17) is 0 Å². The molecule has 0 radical (unpaired) electrons. The maximum atomic E-state index is 2.63. The van der Waals surface area contributed by atoms with Crippen molar-refractivity contribution < 1.29 is 0 Å². The molecule has 0 saturated heterocycles. The van der Waals surface area contributed by atoms with Gasteiger partial charge in [0.2, 0.25) is 0 Å². The highest BCUT2D eigenvalue weighted by Crippen LogP contribution is 2.51. The zero-order chi connectivity index (χ0) is 42.2. The summed E-state index contributed by atoms with van der Waals surface area (Å²) in [5.74, 6) is 0. The Labute approximate surface area is 356 Å². The molecule has 3 heteroatoms. The molecular weight excluding hydrogens is 739 g/mol. The number of benzene rings is 7. The Morgan fingerprint density at radius 3 is 1.13 bits per heavy atom. The zero-order valence-electron chi connectivity index (χ0n) is 37.7. The SMILES string of the molecule is CC(C)(C)c1ccc2c(c1)c1cc(C(C)(C)C)cc3c4cc5c6cc7c8cc(C(C)(C)C)cc9c%10cc(C(C)(C)C)ccc%10n(c98)c7c7c8ccccc8n(c5cc4n2c13)c67. The van der Waals surface area contributed by atoms with Crippen LogP contribution in [0.3, 0.4) is 0 Å². The van der Waals surface area contributed by atoms with Crippen molar-refractivity contribution in [2.24, 2.45) is 0 Å². The Kier molecular flexibility index (Phi) is 6.25. The van der Waals surface area contributed by atoms with Gasteiger partial charge in [0.05, 0.1) is 49.7 Å². The summed E-state index contributed by atoms with van der Waals surface area (Å²) in [7, 11) is 0. The summed E-state index contributed by atoms with van der Waals surface area (Å²) in [4.78, 5) is 0. The van der Waals surface area contributed by atoms with Gasteiger partial charge in [-0.25, -0.2) is 0 Å². The van der Waals surface area contributed by atoms with Crippen molar-refractivity contribution in [2.75, 3.05) is 0 Å². The second-order valence-electron chi connectivity index (χ2n) is 22.8. The van der Waals surface area contributed by atoms with E-state index in [0.717, 1.165) is 0 Å². The zero-order valence-corrected chi connectivity index (χ0v) is 37.7. The highest BCUT2D eigenvalue weighted by molar-refractivity contribution is 6.37. The van der Waals surface area contributed by atoms with Gasteiger partial charge in [-0.1, -0.05) is 113 Å². The van der Waals surface area contributed by atoms with E-state index in [1.807, 2.05) is 0 Å². The van der Waals surface area contributed by atoms with Crippen molar-refractivity contribution in [3.05, 3.63) is 125 Å².